The van der Waals surface area contributed by atoms with Crippen molar-refractivity contribution in [3.8, 4) is 5.69 Å². The summed E-state index contributed by atoms with van der Waals surface area (Å²) in [6.45, 7) is 0.845. The van der Waals surface area contributed by atoms with E-state index in [1.165, 1.54) is 0 Å². The van der Waals surface area contributed by atoms with Crippen LogP contribution in [-0.2, 0) is 4.74 Å². The summed E-state index contributed by atoms with van der Waals surface area (Å²) in [7, 11) is 0. The summed E-state index contributed by atoms with van der Waals surface area (Å²) in [6, 6.07) is 9.91. The van der Waals surface area contributed by atoms with E-state index in [-0.39, 0.29) is 12.1 Å². The Morgan fingerprint density at radius 2 is 2.25 bits per heavy atom. The van der Waals surface area contributed by atoms with E-state index in [0.29, 0.717) is 0 Å². The van der Waals surface area contributed by atoms with E-state index in [4.69, 9.17) is 10.6 Å². The lowest BCUT2D eigenvalue weighted by molar-refractivity contribution is 0.0939. The lowest BCUT2D eigenvalue weighted by atomic mass is 10.0. The average molecular weight is 273 g/mol. The van der Waals surface area contributed by atoms with Crippen LogP contribution in [0.25, 0.3) is 5.69 Å². The molecular weight excluding hydrogens is 254 g/mol. The van der Waals surface area contributed by atoms with Crippen molar-refractivity contribution in [2.45, 2.75) is 31.4 Å². The molecule has 0 saturated carbocycles. The Kier molecular flexibility index (Phi) is 4.05. The van der Waals surface area contributed by atoms with Gasteiger partial charge in [-0.3, -0.25) is 11.3 Å². The average Bonchev–Trinajstić information content (AvgIpc) is 3.17. The third-order valence-electron chi connectivity index (χ3n) is 3.66. The Morgan fingerprint density at radius 3 is 2.95 bits per heavy atom. The van der Waals surface area contributed by atoms with Crippen molar-refractivity contribution in [3.63, 3.8) is 0 Å². The summed E-state index contributed by atoms with van der Waals surface area (Å²) in [6.07, 6.45) is 5.06. The summed E-state index contributed by atoms with van der Waals surface area (Å²) >= 11 is 0. The van der Waals surface area contributed by atoms with Crippen LogP contribution in [0.15, 0.2) is 36.5 Å². The fourth-order valence-corrected chi connectivity index (χ4v) is 2.62. The second-order valence-corrected chi connectivity index (χ2v) is 5.00. The molecule has 6 nitrogen and oxygen atoms in total. The zero-order valence-electron chi connectivity index (χ0n) is 11.3. The molecule has 2 unspecified atom stereocenters. The van der Waals surface area contributed by atoms with Crippen LogP contribution in [0.1, 0.15) is 31.0 Å². The molecule has 1 fully saturated rings. The van der Waals surface area contributed by atoms with Gasteiger partial charge >= 0.3 is 0 Å². The molecule has 1 aromatic heterocycles. The van der Waals surface area contributed by atoms with Crippen LogP contribution in [0.3, 0.4) is 0 Å². The first-order valence-corrected chi connectivity index (χ1v) is 6.92. The standard InChI is InChI=1S/C14H19N5O/c15-17-13(9-12-7-4-8-20-12)14-10-16-18-19(14)11-5-2-1-3-6-11/h1-3,5-6,10,12-13,17H,4,7-9,15H2. The highest BCUT2D eigenvalue weighted by molar-refractivity contribution is 5.32. The topological polar surface area (TPSA) is 78.0 Å². The zero-order valence-corrected chi connectivity index (χ0v) is 11.3. The number of ether oxygens (including phenoxy) is 1. The van der Waals surface area contributed by atoms with Crippen molar-refractivity contribution >= 4 is 0 Å². The Bertz CT molecular complexity index is 536. The zero-order chi connectivity index (χ0) is 13.8. The van der Waals surface area contributed by atoms with Crippen LogP contribution in [0.5, 0.6) is 0 Å². The van der Waals surface area contributed by atoms with Crippen LogP contribution < -0.4 is 11.3 Å². The molecule has 2 aromatic rings. The van der Waals surface area contributed by atoms with Gasteiger partial charge in [-0.05, 0) is 31.4 Å². The molecule has 6 heteroatoms. The van der Waals surface area contributed by atoms with Gasteiger partial charge in [-0.1, -0.05) is 23.4 Å². The second-order valence-electron chi connectivity index (χ2n) is 5.00. The number of hydrogen-bond acceptors (Lipinski definition) is 5. The maximum atomic E-state index is 5.71. The summed E-state index contributed by atoms with van der Waals surface area (Å²) < 4.78 is 7.50. The van der Waals surface area contributed by atoms with Gasteiger partial charge in [0.1, 0.15) is 0 Å². The highest BCUT2D eigenvalue weighted by Gasteiger charge is 2.24. The number of benzene rings is 1. The minimum Gasteiger partial charge on any atom is -0.378 e. The van der Waals surface area contributed by atoms with Crippen molar-refractivity contribution in [1.29, 1.82) is 0 Å². The molecule has 2 atom stereocenters. The third-order valence-corrected chi connectivity index (χ3v) is 3.66. The molecule has 20 heavy (non-hydrogen) atoms. The first-order valence-electron chi connectivity index (χ1n) is 6.92. The van der Waals surface area contributed by atoms with E-state index in [1.54, 1.807) is 6.20 Å². The number of nitrogens with one attached hydrogen (secondary N) is 1. The molecule has 0 bridgehead atoms. The van der Waals surface area contributed by atoms with E-state index in [1.807, 2.05) is 35.0 Å². The van der Waals surface area contributed by atoms with Gasteiger partial charge in [0, 0.05) is 6.61 Å². The van der Waals surface area contributed by atoms with E-state index in [9.17, 15) is 0 Å². The van der Waals surface area contributed by atoms with Gasteiger partial charge in [0.25, 0.3) is 0 Å². The number of para-hydroxylation sites is 1. The van der Waals surface area contributed by atoms with Crippen LogP contribution in [0.4, 0.5) is 0 Å². The number of nitrogens with two attached hydrogens (primary N) is 1. The number of hydrazine groups is 1. The number of rotatable bonds is 5. The normalized spacial score (nSPS) is 20.1. The van der Waals surface area contributed by atoms with Crippen molar-refractivity contribution < 1.29 is 4.74 Å². The van der Waals surface area contributed by atoms with Crippen LogP contribution >= 0.6 is 0 Å². The molecule has 106 valence electrons. The van der Waals surface area contributed by atoms with E-state index < -0.39 is 0 Å². The molecule has 1 aliphatic heterocycles. The second kappa shape index (κ2) is 6.13. The lowest BCUT2D eigenvalue weighted by Gasteiger charge is -2.20. The molecule has 0 spiro atoms. The molecule has 3 rings (SSSR count). The molecule has 2 heterocycles. The van der Waals surface area contributed by atoms with Gasteiger partial charge < -0.3 is 4.74 Å². The number of hydrogen-bond donors (Lipinski definition) is 2. The maximum absolute atomic E-state index is 5.71. The van der Waals surface area contributed by atoms with E-state index in [0.717, 1.165) is 37.3 Å². The molecule has 0 aliphatic carbocycles. The van der Waals surface area contributed by atoms with Crippen molar-refractivity contribution in [3.05, 3.63) is 42.2 Å². The fraction of sp³-hybridized carbons (Fsp3) is 0.429. The van der Waals surface area contributed by atoms with Crippen LogP contribution in [0.2, 0.25) is 0 Å². The molecule has 1 aromatic carbocycles. The molecular formula is C14H19N5O. The fourth-order valence-electron chi connectivity index (χ4n) is 2.62. The molecule has 0 radical (unpaired) electrons. The quantitative estimate of drug-likeness (QED) is 0.635. The summed E-state index contributed by atoms with van der Waals surface area (Å²) in [4.78, 5) is 0. The smallest absolute Gasteiger partial charge is 0.0829 e. The Balaban J connectivity index is 1.83. The monoisotopic (exact) mass is 273 g/mol. The highest BCUT2D eigenvalue weighted by Crippen LogP contribution is 2.25. The SMILES string of the molecule is NNC(CC1CCCO1)c1cnnn1-c1ccccc1. The van der Waals surface area contributed by atoms with Gasteiger partial charge in [-0.15, -0.1) is 5.10 Å². The van der Waals surface area contributed by atoms with E-state index >= 15 is 0 Å². The Hall–Kier alpha value is -1.76. The first kappa shape index (κ1) is 13.2. The highest BCUT2D eigenvalue weighted by atomic mass is 16.5. The van der Waals surface area contributed by atoms with Crippen molar-refractivity contribution in [2.75, 3.05) is 6.61 Å². The maximum Gasteiger partial charge on any atom is 0.0829 e. The molecule has 0 amide bonds. The lowest BCUT2D eigenvalue weighted by Crippen LogP contribution is -2.32. The van der Waals surface area contributed by atoms with Crippen LogP contribution in [-0.4, -0.2) is 27.7 Å². The summed E-state index contributed by atoms with van der Waals surface area (Å²) in [5, 5.41) is 8.18. The van der Waals surface area contributed by atoms with Gasteiger partial charge in [0.05, 0.1) is 29.7 Å². The Morgan fingerprint density at radius 1 is 1.40 bits per heavy atom. The van der Waals surface area contributed by atoms with Gasteiger partial charge in [-0.25, -0.2) is 4.68 Å². The van der Waals surface area contributed by atoms with Crippen molar-refractivity contribution in [1.82, 2.24) is 20.4 Å². The van der Waals surface area contributed by atoms with Gasteiger partial charge in [0.2, 0.25) is 0 Å². The largest absolute Gasteiger partial charge is 0.378 e. The summed E-state index contributed by atoms with van der Waals surface area (Å²) in [5.41, 5.74) is 4.79. The number of aromatic nitrogens is 3. The predicted molar refractivity (Wildman–Crippen MR) is 75.0 cm³/mol. The van der Waals surface area contributed by atoms with Crippen LogP contribution in [0, 0.1) is 0 Å². The minimum absolute atomic E-state index is 0.0201. The van der Waals surface area contributed by atoms with E-state index in [2.05, 4.69) is 15.7 Å². The minimum atomic E-state index is -0.0201. The van der Waals surface area contributed by atoms with Crippen molar-refractivity contribution in [2.24, 2.45) is 5.84 Å². The summed E-state index contributed by atoms with van der Waals surface area (Å²) in [5.74, 6) is 5.71. The first-order chi connectivity index (χ1) is 9.88. The number of nitrogens with zero attached hydrogens (tertiary/aromatic N) is 3. The molecule has 3 N–H and O–H groups in total. The molecule has 1 saturated heterocycles. The third kappa shape index (κ3) is 2.72. The molecule has 1 aliphatic rings. The van der Waals surface area contributed by atoms with Gasteiger partial charge in [0.15, 0.2) is 0 Å². The predicted octanol–water partition coefficient (Wildman–Crippen LogP) is 1.34. The Labute approximate surface area is 117 Å². The van der Waals surface area contributed by atoms with Gasteiger partial charge in [-0.2, -0.15) is 0 Å².